The van der Waals surface area contributed by atoms with Gasteiger partial charge in [-0.15, -0.1) is 0 Å². The van der Waals surface area contributed by atoms with Crippen molar-refractivity contribution in [1.29, 1.82) is 0 Å². The summed E-state index contributed by atoms with van der Waals surface area (Å²) in [6.45, 7) is 5.07. The standard InChI is InChI=1S/C22H22FN/c1-16-6-8-19(9-7-16)17(2)24-15-18-4-3-5-21(14-18)20-10-12-22(23)13-11-20/h3-14,17,24H,15H2,1-2H3/t17-/m1/s1. The fourth-order valence-electron chi connectivity index (χ4n) is 2.75. The van der Waals surface area contributed by atoms with E-state index < -0.39 is 0 Å². The van der Waals surface area contributed by atoms with Crippen LogP contribution in [0.4, 0.5) is 4.39 Å². The Morgan fingerprint density at radius 2 is 1.58 bits per heavy atom. The van der Waals surface area contributed by atoms with Crippen LogP contribution in [0.2, 0.25) is 0 Å². The molecule has 1 nitrogen and oxygen atoms in total. The predicted octanol–water partition coefficient (Wildman–Crippen LogP) is 5.65. The number of halogens is 1. The Labute approximate surface area is 143 Å². The summed E-state index contributed by atoms with van der Waals surface area (Å²) < 4.78 is 13.1. The molecule has 0 heterocycles. The minimum absolute atomic E-state index is 0.205. The maximum atomic E-state index is 13.1. The van der Waals surface area contributed by atoms with E-state index in [9.17, 15) is 4.39 Å². The highest BCUT2D eigenvalue weighted by atomic mass is 19.1. The van der Waals surface area contributed by atoms with Crippen LogP contribution in [0.3, 0.4) is 0 Å². The average Bonchev–Trinajstić information content (AvgIpc) is 2.61. The zero-order chi connectivity index (χ0) is 16.9. The van der Waals surface area contributed by atoms with Crippen molar-refractivity contribution in [1.82, 2.24) is 5.32 Å². The minimum atomic E-state index is -0.205. The summed E-state index contributed by atoms with van der Waals surface area (Å²) in [4.78, 5) is 0. The van der Waals surface area contributed by atoms with Gasteiger partial charge in [0.1, 0.15) is 5.82 Å². The molecule has 0 aliphatic carbocycles. The first-order valence-corrected chi connectivity index (χ1v) is 8.26. The lowest BCUT2D eigenvalue weighted by Gasteiger charge is -2.15. The lowest BCUT2D eigenvalue weighted by atomic mass is 10.0. The van der Waals surface area contributed by atoms with Crippen LogP contribution in [0.15, 0.2) is 72.8 Å². The Hall–Kier alpha value is -2.45. The van der Waals surface area contributed by atoms with Crippen molar-refractivity contribution >= 4 is 0 Å². The monoisotopic (exact) mass is 319 g/mol. The fourth-order valence-corrected chi connectivity index (χ4v) is 2.75. The number of benzene rings is 3. The first-order valence-electron chi connectivity index (χ1n) is 8.26. The second-order valence-corrected chi connectivity index (χ2v) is 6.22. The second-order valence-electron chi connectivity index (χ2n) is 6.22. The third-order valence-electron chi connectivity index (χ3n) is 4.29. The molecule has 0 saturated heterocycles. The van der Waals surface area contributed by atoms with Gasteiger partial charge in [-0.3, -0.25) is 0 Å². The van der Waals surface area contributed by atoms with E-state index in [0.717, 1.165) is 17.7 Å². The van der Waals surface area contributed by atoms with Crippen LogP contribution in [0.1, 0.15) is 29.7 Å². The van der Waals surface area contributed by atoms with Crippen LogP contribution >= 0.6 is 0 Å². The molecule has 0 fully saturated rings. The summed E-state index contributed by atoms with van der Waals surface area (Å²) in [6.07, 6.45) is 0. The quantitative estimate of drug-likeness (QED) is 0.640. The van der Waals surface area contributed by atoms with Crippen molar-refractivity contribution in [2.24, 2.45) is 0 Å². The average molecular weight is 319 g/mol. The summed E-state index contributed by atoms with van der Waals surface area (Å²) in [6, 6.07) is 23.9. The first kappa shape index (κ1) is 16.4. The number of hydrogen-bond donors (Lipinski definition) is 1. The van der Waals surface area contributed by atoms with E-state index in [2.05, 4.69) is 61.6 Å². The summed E-state index contributed by atoms with van der Waals surface area (Å²) >= 11 is 0. The van der Waals surface area contributed by atoms with Gasteiger partial charge >= 0.3 is 0 Å². The molecule has 0 bridgehead atoms. The van der Waals surface area contributed by atoms with Gasteiger partial charge in [-0.25, -0.2) is 4.39 Å². The Kier molecular flexibility index (Phi) is 5.07. The van der Waals surface area contributed by atoms with Gasteiger partial charge < -0.3 is 5.32 Å². The zero-order valence-electron chi connectivity index (χ0n) is 14.1. The fraction of sp³-hybridized carbons (Fsp3) is 0.182. The Morgan fingerprint density at radius 1 is 0.875 bits per heavy atom. The molecule has 0 saturated carbocycles. The highest BCUT2D eigenvalue weighted by molar-refractivity contribution is 5.64. The summed E-state index contributed by atoms with van der Waals surface area (Å²) in [5.74, 6) is -0.205. The molecule has 0 aromatic heterocycles. The minimum Gasteiger partial charge on any atom is -0.306 e. The normalized spacial score (nSPS) is 12.1. The highest BCUT2D eigenvalue weighted by Gasteiger charge is 2.05. The van der Waals surface area contributed by atoms with Gasteiger partial charge in [0.2, 0.25) is 0 Å². The molecule has 0 unspecified atom stereocenters. The number of hydrogen-bond acceptors (Lipinski definition) is 1. The van der Waals surface area contributed by atoms with Crippen LogP contribution in [-0.4, -0.2) is 0 Å². The van der Waals surface area contributed by atoms with Gasteiger partial charge in [-0.1, -0.05) is 60.2 Å². The maximum Gasteiger partial charge on any atom is 0.123 e. The van der Waals surface area contributed by atoms with Crippen molar-refractivity contribution in [3.8, 4) is 11.1 Å². The molecule has 3 rings (SSSR count). The third-order valence-corrected chi connectivity index (χ3v) is 4.29. The van der Waals surface area contributed by atoms with Gasteiger partial charge in [0.25, 0.3) is 0 Å². The van der Waals surface area contributed by atoms with E-state index in [0.29, 0.717) is 6.04 Å². The molecule has 1 N–H and O–H groups in total. The van der Waals surface area contributed by atoms with Crippen molar-refractivity contribution in [3.63, 3.8) is 0 Å². The van der Waals surface area contributed by atoms with E-state index in [1.165, 1.54) is 28.8 Å². The molecular weight excluding hydrogens is 297 g/mol. The van der Waals surface area contributed by atoms with E-state index in [1.54, 1.807) is 0 Å². The smallest absolute Gasteiger partial charge is 0.123 e. The second kappa shape index (κ2) is 7.41. The molecule has 3 aromatic carbocycles. The van der Waals surface area contributed by atoms with Crippen molar-refractivity contribution in [2.75, 3.05) is 0 Å². The van der Waals surface area contributed by atoms with Crippen LogP contribution in [-0.2, 0) is 6.54 Å². The van der Waals surface area contributed by atoms with Crippen molar-refractivity contribution in [3.05, 3.63) is 95.3 Å². The van der Waals surface area contributed by atoms with Gasteiger partial charge in [0.05, 0.1) is 0 Å². The molecule has 122 valence electrons. The lowest BCUT2D eigenvalue weighted by Crippen LogP contribution is -2.18. The Morgan fingerprint density at radius 3 is 2.29 bits per heavy atom. The van der Waals surface area contributed by atoms with Crippen molar-refractivity contribution < 1.29 is 4.39 Å². The van der Waals surface area contributed by atoms with E-state index in [-0.39, 0.29) is 5.82 Å². The number of aryl methyl sites for hydroxylation is 1. The van der Waals surface area contributed by atoms with Gasteiger partial charge in [0, 0.05) is 12.6 Å². The zero-order valence-corrected chi connectivity index (χ0v) is 14.1. The van der Waals surface area contributed by atoms with Gasteiger partial charge in [-0.2, -0.15) is 0 Å². The van der Waals surface area contributed by atoms with E-state index >= 15 is 0 Å². The summed E-state index contributed by atoms with van der Waals surface area (Å²) in [5.41, 5.74) is 5.92. The highest BCUT2D eigenvalue weighted by Crippen LogP contribution is 2.21. The van der Waals surface area contributed by atoms with E-state index in [1.807, 2.05) is 18.2 Å². The Balaban J connectivity index is 1.68. The number of nitrogens with one attached hydrogen (secondary N) is 1. The molecule has 3 aromatic rings. The van der Waals surface area contributed by atoms with E-state index in [4.69, 9.17) is 0 Å². The molecule has 0 amide bonds. The Bertz CT molecular complexity index is 791. The lowest BCUT2D eigenvalue weighted by molar-refractivity contribution is 0.574. The third kappa shape index (κ3) is 4.09. The predicted molar refractivity (Wildman–Crippen MR) is 98.3 cm³/mol. The molecular formula is C22H22FN. The van der Waals surface area contributed by atoms with Crippen LogP contribution in [0, 0.1) is 12.7 Å². The molecule has 24 heavy (non-hydrogen) atoms. The topological polar surface area (TPSA) is 12.0 Å². The molecule has 2 heteroatoms. The van der Waals surface area contributed by atoms with Crippen LogP contribution < -0.4 is 5.32 Å². The van der Waals surface area contributed by atoms with Gasteiger partial charge in [0.15, 0.2) is 0 Å². The SMILES string of the molecule is Cc1ccc([C@@H](C)NCc2cccc(-c3ccc(F)cc3)c2)cc1. The molecule has 0 aliphatic rings. The maximum absolute atomic E-state index is 13.1. The van der Waals surface area contributed by atoms with Crippen LogP contribution in [0.25, 0.3) is 11.1 Å². The summed E-state index contributed by atoms with van der Waals surface area (Å²) in [7, 11) is 0. The summed E-state index contributed by atoms with van der Waals surface area (Å²) in [5, 5.41) is 3.56. The number of rotatable bonds is 5. The molecule has 0 radical (unpaired) electrons. The van der Waals surface area contributed by atoms with Gasteiger partial charge in [-0.05, 0) is 54.3 Å². The molecule has 0 aliphatic heterocycles. The largest absolute Gasteiger partial charge is 0.306 e. The van der Waals surface area contributed by atoms with Crippen molar-refractivity contribution in [2.45, 2.75) is 26.4 Å². The molecule has 1 atom stereocenters. The van der Waals surface area contributed by atoms with Crippen LogP contribution in [0.5, 0.6) is 0 Å². The first-order chi connectivity index (χ1) is 11.6. The molecule has 0 spiro atoms.